The Hall–Kier alpha value is -4.40. The normalized spacial score (nSPS) is 13.8. The van der Waals surface area contributed by atoms with Crippen molar-refractivity contribution in [3.8, 4) is 17.1 Å². The molecule has 1 amide bonds. The lowest BCUT2D eigenvalue weighted by atomic mass is 10.1. The first kappa shape index (κ1) is 22.4. The average molecular weight is 472 g/mol. The maximum Gasteiger partial charge on any atom is 0.272 e. The molecular weight excluding hydrogens is 446 g/mol. The zero-order valence-corrected chi connectivity index (χ0v) is 19.5. The Labute approximate surface area is 202 Å². The Morgan fingerprint density at radius 1 is 1.00 bits per heavy atom. The third kappa shape index (κ3) is 4.40. The van der Waals surface area contributed by atoms with Crippen LogP contribution in [0.2, 0.25) is 0 Å². The molecule has 5 rings (SSSR count). The SMILES string of the molecule is Cc1ccc(C)c(-n2nc(-c3ccco3)cc2C(=O)N2CCN(c3ccc([N+](=O)[O-])cc3)CC2)c1. The minimum Gasteiger partial charge on any atom is -0.463 e. The summed E-state index contributed by atoms with van der Waals surface area (Å²) in [7, 11) is 0. The topological polar surface area (TPSA) is 97.7 Å². The number of amides is 1. The fourth-order valence-electron chi connectivity index (χ4n) is 4.32. The number of benzene rings is 2. The standard InChI is InChI=1S/C26H25N5O4/c1-18-5-6-19(2)23(16-18)30-24(17-22(27-30)25-4-3-15-35-25)26(32)29-13-11-28(12-14-29)20-7-9-21(10-8-20)31(33)34/h3-10,15-17H,11-14H2,1-2H3. The number of nitro groups is 1. The number of furan rings is 1. The van der Waals surface area contributed by atoms with Gasteiger partial charge in [0.2, 0.25) is 0 Å². The zero-order chi connectivity index (χ0) is 24.5. The molecule has 0 atom stereocenters. The molecule has 35 heavy (non-hydrogen) atoms. The van der Waals surface area contributed by atoms with Crippen LogP contribution in [0.15, 0.2) is 71.3 Å². The number of nitro benzene ring substituents is 1. The van der Waals surface area contributed by atoms with Gasteiger partial charge in [-0.05, 0) is 55.3 Å². The van der Waals surface area contributed by atoms with E-state index in [9.17, 15) is 14.9 Å². The fraction of sp³-hybridized carbons (Fsp3) is 0.231. The molecule has 0 N–H and O–H groups in total. The lowest BCUT2D eigenvalue weighted by molar-refractivity contribution is -0.384. The summed E-state index contributed by atoms with van der Waals surface area (Å²) in [4.78, 5) is 28.1. The van der Waals surface area contributed by atoms with E-state index < -0.39 is 4.92 Å². The van der Waals surface area contributed by atoms with Crippen LogP contribution in [0.3, 0.4) is 0 Å². The van der Waals surface area contributed by atoms with Crippen molar-refractivity contribution in [1.29, 1.82) is 0 Å². The van der Waals surface area contributed by atoms with E-state index in [-0.39, 0.29) is 11.6 Å². The second-order valence-electron chi connectivity index (χ2n) is 8.65. The highest BCUT2D eigenvalue weighted by atomic mass is 16.6. The predicted octanol–water partition coefficient (Wildman–Crippen LogP) is 4.62. The number of hydrogen-bond donors (Lipinski definition) is 0. The first-order valence-corrected chi connectivity index (χ1v) is 11.4. The van der Waals surface area contributed by atoms with Gasteiger partial charge in [-0.1, -0.05) is 12.1 Å². The highest BCUT2D eigenvalue weighted by Gasteiger charge is 2.27. The van der Waals surface area contributed by atoms with Crippen molar-refractivity contribution in [1.82, 2.24) is 14.7 Å². The number of carbonyl (C=O) groups excluding carboxylic acids is 1. The number of hydrogen-bond acceptors (Lipinski definition) is 6. The van der Waals surface area contributed by atoms with E-state index in [0.717, 1.165) is 22.5 Å². The van der Waals surface area contributed by atoms with Gasteiger partial charge in [0, 0.05) is 50.1 Å². The Kier molecular flexibility index (Phi) is 5.82. The van der Waals surface area contributed by atoms with Gasteiger partial charge in [0.15, 0.2) is 5.76 Å². The number of carbonyl (C=O) groups is 1. The molecular formula is C26H25N5O4. The molecule has 178 valence electrons. The lowest BCUT2D eigenvalue weighted by Gasteiger charge is -2.36. The first-order chi connectivity index (χ1) is 16.9. The quantitative estimate of drug-likeness (QED) is 0.311. The number of anilines is 1. The van der Waals surface area contributed by atoms with E-state index >= 15 is 0 Å². The van der Waals surface area contributed by atoms with Crippen LogP contribution < -0.4 is 4.90 Å². The van der Waals surface area contributed by atoms with Crippen molar-refractivity contribution in [2.45, 2.75) is 13.8 Å². The molecule has 1 aliphatic rings. The largest absolute Gasteiger partial charge is 0.463 e. The van der Waals surface area contributed by atoms with E-state index in [0.29, 0.717) is 43.3 Å². The third-order valence-electron chi connectivity index (χ3n) is 6.29. The number of piperazine rings is 1. The summed E-state index contributed by atoms with van der Waals surface area (Å²) >= 11 is 0. The molecule has 0 bridgehead atoms. The minimum absolute atomic E-state index is 0.0645. The van der Waals surface area contributed by atoms with Gasteiger partial charge in [-0.3, -0.25) is 14.9 Å². The molecule has 0 aliphatic carbocycles. The number of aryl methyl sites for hydroxylation is 2. The summed E-state index contributed by atoms with van der Waals surface area (Å²) in [5.41, 5.74) is 5.00. The van der Waals surface area contributed by atoms with Gasteiger partial charge < -0.3 is 14.2 Å². The van der Waals surface area contributed by atoms with Crippen molar-refractivity contribution < 1.29 is 14.1 Å². The van der Waals surface area contributed by atoms with E-state index in [4.69, 9.17) is 9.52 Å². The second-order valence-corrected chi connectivity index (χ2v) is 8.65. The zero-order valence-electron chi connectivity index (χ0n) is 19.5. The summed E-state index contributed by atoms with van der Waals surface area (Å²) in [6.45, 7) is 6.34. The molecule has 0 radical (unpaired) electrons. The lowest BCUT2D eigenvalue weighted by Crippen LogP contribution is -2.49. The Morgan fingerprint density at radius 3 is 2.40 bits per heavy atom. The van der Waals surface area contributed by atoms with Crippen LogP contribution in [0.4, 0.5) is 11.4 Å². The van der Waals surface area contributed by atoms with Gasteiger partial charge in [-0.2, -0.15) is 5.10 Å². The van der Waals surface area contributed by atoms with Crippen molar-refractivity contribution in [3.63, 3.8) is 0 Å². The number of non-ortho nitro benzene ring substituents is 1. The predicted molar refractivity (Wildman–Crippen MR) is 132 cm³/mol. The third-order valence-corrected chi connectivity index (χ3v) is 6.29. The molecule has 9 heteroatoms. The summed E-state index contributed by atoms with van der Waals surface area (Å²) in [5.74, 6) is 0.505. The van der Waals surface area contributed by atoms with Gasteiger partial charge in [0.25, 0.3) is 11.6 Å². The number of rotatable bonds is 5. The number of nitrogens with zero attached hydrogens (tertiary/aromatic N) is 5. The summed E-state index contributed by atoms with van der Waals surface area (Å²) in [6.07, 6.45) is 1.59. The number of aromatic nitrogens is 2. The van der Waals surface area contributed by atoms with Crippen LogP contribution in [0.25, 0.3) is 17.1 Å². The van der Waals surface area contributed by atoms with Crippen LogP contribution in [0.5, 0.6) is 0 Å². The van der Waals surface area contributed by atoms with E-state index in [2.05, 4.69) is 4.90 Å². The Morgan fingerprint density at radius 2 is 1.74 bits per heavy atom. The molecule has 1 aliphatic heterocycles. The average Bonchev–Trinajstić information content (AvgIpc) is 3.56. The molecule has 1 saturated heterocycles. The van der Waals surface area contributed by atoms with Crippen LogP contribution in [-0.4, -0.2) is 51.7 Å². The highest BCUT2D eigenvalue weighted by Crippen LogP contribution is 2.26. The molecule has 9 nitrogen and oxygen atoms in total. The van der Waals surface area contributed by atoms with Crippen LogP contribution in [0, 0.1) is 24.0 Å². The van der Waals surface area contributed by atoms with Gasteiger partial charge in [-0.25, -0.2) is 4.68 Å². The highest BCUT2D eigenvalue weighted by molar-refractivity contribution is 5.94. The first-order valence-electron chi connectivity index (χ1n) is 11.4. The van der Waals surface area contributed by atoms with Crippen molar-refractivity contribution in [2.75, 3.05) is 31.1 Å². The molecule has 2 aromatic heterocycles. The van der Waals surface area contributed by atoms with Crippen molar-refractivity contribution in [2.24, 2.45) is 0 Å². The maximum atomic E-state index is 13.7. The van der Waals surface area contributed by atoms with Crippen LogP contribution in [0.1, 0.15) is 21.6 Å². The molecule has 3 heterocycles. The van der Waals surface area contributed by atoms with E-state index in [1.165, 1.54) is 12.1 Å². The summed E-state index contributed by atoms with van der Waals surface area (Å²) in [5, 5.41) is 15.7. The summed E-state index contributed by atoms with van der Waals surface area (Å²) < 4.78 is 7.25. The Bertz CT molecular complexity index is 1370. The van der Waals surface area contributed by atoms with Crippen LogP contribution >= 0.6 is 0 Å². The van der Waals surface area contributed by atoms with Gasteiger partial charge in [0.1, 0.15) is 11.4 Å². The van der Waals surface area contributed by atoms with Gasteiger partial charge >= 0.3 is 0 Å². The summed E-state index contributed by atoms with van der Waals surface area (Å²) in [6, 6.07) is 18.0. The van der Waals surface area contributed by atoms with Crippen molar-refractivity contribution >= 4 is 17.3 Å². The van der Waals surface area contributed by atoms with Gasteiger partial charge in [0.05, 0.1) is 16.9 Å². The van der Waals surface area contributed by atoms with Crippen LogP contribution in [-0.2, 0) is 0 Å². The molecule has 0 saturated carbocycles. The molecule has 0 unspecified atom stereocenters. The minimum atomic E-state index is -0.406. The van der Waals surface area contributed by atoms with E-state index in [1.54, 1.807) is 35.2 Å². The smallest absolute Gasteiger partial charge is 0.272 e. The molecule has 1 fully saturated rings. The molecule has 2 aromatic carbocycles. The fourth-order valence-corrected chi connectivity index (χ4v) is 4.32. The molecule has 4 aromatic rings. The van der Waals surface area contributed by atoms with E-state index in [1.807, 2.05) is 43.0 Å². The second kappa shape index (κ2) is 9.09. The monoisotopic (exact) mass is 471 g/mol. The molecule has 0 spiro atoms. The maximum absolute atomic E-state index is 13.7. The van der Waals surface area contributed by atoms with Crippen molar-refractivity contribution in [3.05, 3.63) is 93.9 Å². The Balaban J connectivity index is 1.40. The van der Waals surface area contributed by atoms with Gasteiger partial charge in [-0.15, -0.1) is 0 Å².